The molecule has 1 aromatic rings. The molecule has 0 aliphatic heterocycles. The van der Waals surface area contributed by atoms with Crippen molar-refractivity contribution in [2.24, 2.45) is 5.92 Å². The highest BCUT2D eigenvalue weighted by Gasteiger charge is 2.19. The minimum Gasteiger partial charge on any atom is -0.392 e. The molecule has 0 aromatic heterocycles. The Balaban J connectivity index is 2.83. The summed E-state index contributed by atoms with van der Waals surface area (Å²) in [6.07, 6.45) is 0. The molecule has 0 radical (unpaired) electrons. The van der Waals surface area contributed by atoms with Crippen LogP contribution in [0.1, 0.15) is 12.5 Å². The summed E-state index contributed by atoms with van der Waals surface area (Å²) >= 11 is 0. The maximum absolute atomic E-state index is 13.7. The summed E-state index contributed by atoms with van der Waals surface area (Å²) < 4.78 is 44.7. The standard InChI is InChI=1S/C12H18FNO4S/c1-9(8-18-2)6-14-19(16,17)12-4-3-10(7-15)5-11(12)13/h3-5,9,14-15H,6-8H2,1-2H3. The lowest BCUT2D eigenvalue weighted by Gasteiger charge is -2.12. The molecule has 1 unspecified atom stereocenters. The van der Waals surface area contributed by atoms with Crippen LogP contribution in [-0.2, 0) is 21.4 Å². The molecule has 0 aliphatic carbocycles. The predicted molar refractivity (Wildman–Crippen MR) is 68.6 cm³/mol. The average molecular weight is 291 g/mol. The maximum Gasteiger partial charge on any atom is 0.243 e. The molecule has 108 valence electrons. The number of ether oxygens (including phenoxy) is 1. The Hall–Kier alpha value is -1.02. The van der Waals surface area contributed by atoms with Gasteiger partial charge in [-0.25, -0.2) is 17.5 Å². The van der Waals surface area contributed by atoms with Crippen molar-refractivity contribution in [3.8, 4) is 0 Å². The number of sulfonamides is 1. The highest BCUT2D eigenvalue weighted by Crippen LogP contribution is 2.16. The van der Waals surface area contributed by atoms with Crippen LogP contribution in [0.15, 0.2) is 23.1 Å². The molecule has 0 fully saturated rings. The quantitative estimate of drug-likeness (QED) is 0.782. The molecular formula is C12H18FNO4S. The number of aliphatic hydroxyl groups is 1. The topological polar surface area (TPSA) is 75.6 Å². The third-order valence-electron chi connectivity index (χ3n) is 2.54. The van der Waals surface area contributed by atoms with E-state index < -0.39 is 20.7 Å². The van der Waals surface area contributed by atoms with Gasteiger partial charge in [-0.2, -0.15) is 0 Å². The van der Waals surface area contributed by atoms with Crippen LogP contribution >= 0.6 is 0 Å². The van der Waals surface area contributed by atoms with Crippen LogP contribution in [0.25, 0.3) is 0 Å². The van der Waals surface area contributed by atoms with E-state index in [0.29, 0.717) is 12.2 Å². The Morgan fingerprint density at radius 3 is 2.68 bits per heavy atom. The van der Waals surface area contributed by atoms with Crippen molar-refractivity contribution in [1.29, 1.82) is 0 Å². The van der Waals surface area contributed by atoms with E-state index in [1.165, 1.54) is 13.2 Å². The van der Waals surface area contributed by atoms with Crippen LogP contribution in [0.4, 0.5) is 4.39 Å². The Morgan fingerprint density at radius 1 is 1.47 bits per heavy atom. The first-order valence-electron chi connectivity index (χ1n) is 5.78. The van der Waals surface area contributed by atoms with Gasteiger partial charge in [0.05, 0.1) is 6.61 Å². The van der Waals surface area contributed by atoms with Gasteiger partial charge in [0.15, 0.2) is 0 Å². The minimum absolute atomic E-state index is 0.0143. The second-order valence-electron chi connectivity index (χ2n) is 4.34. The molecule has 0 bridgehead atoms. The number of nitrogens with one attached hydrogen (secondary N) is 1. The van der Waals surface area contributed by atoms with Crippen LogP contribution in [-0.4, -0.2) is 33.8 Å². The van der Waals surface area contributed by atoms with Gasteiger partial charge in [-0.15, -0.1) is 0 Å². The number of rotatable bonds is 7. The Labute approximate surface area is 112 Å². The van der Waals surface area contributed by atoms with Crippen LogP contribution in [0, 0.1) is 11.7 Å². The van der Waals surface area contributed by atoms with Gasteiger partial charge in [0.2, 0.25) is 10.0 Å². The first-order chi connectivity index (χ1) is 8.90. The van der Waals surface area contributed by atoms with E-state index in [9.17, 15) is 12.8 Å². The van der Waals surface area contributed by atoms with E-state index in [4.69, 9.17) is 9.84 Å². The molecule has 0 saturated carbocycles. The van der Waals surface area contributed by atoms with Crippen molar-refractivity contribution in [3.05, 3.63) is 29.6 Å². The lowest BCUT2D eigenvalue weighted by Crippen LogP contribution is -2.30. The summed E-state index contributed by atoms with van der Waals surface area (Å²) in [5.41, 5.74) is 0.323. The zero-order chi connectivity index (χ0) is 14.5. The van der Waals surface area contributed by atoms with Gasteiger partial charge in [-0.05, 0) is 23.6 Å². The van der Waals surface area contributed by atoms with Crippen molar-refractivity contribution in [3.63, 3.8) is 0 Å². The van der Waals surface area contributed by atoms with E-state index >= 15 is 0 Å². The second kappa shape index (κ2) is 6.95. The summed E-state index contributed by atoms with van der Waals surface area (Å²) in [6.45, 7) is 2.05. The summed E-state index contributed by atoms with van der Waals surface area (Å²) in [5.74, 6) is -0.891. The molecule has 1 atom stereocenters. The first kappa shape index (κ1) is 16.0. The SMILES string of the molecule is COCC(C)CNS(=O)(=O)c1ccc(CO)cc1F. The van der Waals surface area contributed by atoms with Gasteiger partial charge in [0, 0.05) is 20.3 Å². The molecule has 0 saturated heterocycles. The fraction of sp³-hybridized carbons (Fsp3) is 0.500. The van der Waals surface area contributed by atoms with Gasteiger partial charge in [-0.3, -0.25) is 0 Å². The summed E-state index contributed by atoms with van der Waals surface area (Å²) in [6, 6.07) is 3.52. The maximum atomic E-state index is 13.7. The van der Waals surface area contributed by atoms with E-state index in [2.05, 4.69) is 4.72 Å². The molecule has 2 N–H and O–H groups in total. The number of benzene rings is 1. The van der Waals surface area contributed by atoms with Crippen molar-refractivity contribution >= 4 is 10.0 Å². The zero-order valence-corrected chi connectivity index (χ0v) is 11.7. The summed E-state index contributed by atoms with van der Waals surface area (Å²) in [7, 11) is -2.37. The van der Waals surface area contributed by atoms with E-state index in [-0.39, 0.29) is 19.1 Å². The van der Waals surface area contributed by atoms with Gasteiger partial charge in [0.25, 0.3) is 0 Å². The number of methoxy groups -OCH3 is 1. The molecule has 7 heteroatoms. The average Bonchev–Trinajstić information content (AvgIpc) is 2.36. The van der Waals surface area contributed by atoms with Gasteiger partial charge >= 0.3 is 0 Å². The van der Waals surface area contributed by atoms with Crippen LogP contribution in [0.3, 0.4) is 0 Å². The number of hydrogen-bond acceptors (Lipinski definition) is 4. The molecule has 1 rings (SSSR count). The van der Waals surface area contributed by atoms with Gasteiger partial charge in [-0.1, -0.05) is 13.0 Å². The highest BCUT2D eigenvalue weighted by molar-refractivity contribution is 7.89. The second-order valence-corrected chi connectivity index (χ2v) is 6.07. The monoisotopic (exact) mass is 291 g/mol. The molecule has 19 heavy (non-hydrogen) atoms. The predicted octanol–water partition coefficient (Wildman–Crippen LogP) is 0.879. The Bertz CT molecular complexity index is 518. The molecule has 0 spiro atoms. The van der Waals surface area contributed by atoms with Crippen LogP contribution in [0.5, 0.6) is 0 Å². The van der Waals surface area contributed by atoms with E-state index in [0.717, 1.165) is 12.1 Å². The van der Waals surface area contributed by atoms with Crippen molar-refractivity contribution in [2.45, 2.75) is 18.4 Å². The zero-order valence-electron chi connectivity index (χ0n) is 10.9. The minimum atomic E-state index is -3.89. The fourth-order valence-electron chi connectivity index (χ4n) is 1.53. The van der Waals surface area contributed by atoms with Crippen molar-refractivity contribution in [2.75, 3.05) is 20.3 Å². The third kappa shape index (κ3) is 4.54. The lowest BCUT2D eigenvalue weighted by molar-refractivity contribution is 0.161. The molecule has 0 aliphatic rings. The molecule has 0 amide bonds. The van der Waals surface area contributed by atoms with Gasteiger partial charge in [0.1, 0.15) is 10.7 Å². The summed E-state index contributed by atoms with van der Waals surface area (Å²) in [4.78, 5) is -0.422. The summed E-state index contributed by atoms with van der Waals surface area (Å²) in [5, 5.41) is 8.85. The highest BCUT2D eigenvalue weighted by atomic mass is 32.2. The van der Waals surface area contributed by atoms with Crippen molar-refractivity contribution in [1.82, 2.24) is 4.72 Å². The number of hydrogen-bond donors (Lipinski definition) is 2. The third-order valence-corrected chi connectivity index (χ3v) is 4.00. The normalized spacial score (nSPS) is 13.5. The van der Waals surface area contributed by atoms with Crippen molar-refractivity contribution < 1.29 is 22.7 Å². The van der Waals surface area contributed by atoms with E-state index in [1.54, 1.807) is 0 Å². The van der Waals surface area contributed by atoms with Gasteiger partial charge < -0.3 is 9.84 Å². The largest absolute Gasteiger partial charge is 0.392 e. The smallest absolute Gasteiger partial charge is 0.243 e. The molecular weight excluding hydrogens is 273 g/mol. The number of aliphatic hydroxyl groups excluding tert-OH is 1. The van der Waals surface area contributed by atoms with Crippen LogP contribution in [0.2, 0.25) is 0 Å². The molecule has 5 nitrogen and oxygen atoms in total. The number of halogens is 1. The molecule has 0 heterocycles. The van der Waals surface area contributed by atoms with E-state index in [1.807, 2.05) is 6.92 Å². The fourth-order valence-corrected chi connectivity index (χ4v) is 2.76. The first-order valence-corrected chi connectivity index (χ1v) is 7.27. The Morgan fingerprint density at radius 2 is 2.16 bits per heavy atom. The molecule has 1 aromatic carbocycles. The Kier molecular flexibility index (Phi) is 5.86. The van der Waals surface area contributed by atoms with Crippen LogP contribution < -0.4 is 4.72 Å². The lowest BCUT2D eigenvalue weighted by atomic mass is 10.2.